The summed E-state index contributed by atoms with van der Waals surface area (Å²) in [6.07, 6.45) is 15.1. The number of piperidine rings is 2. The van der Waals surface area contributed by atoms with Gasteiger partial charge in [0.25, 0.3) is 0 Å². The van der Waals surface area contributed by atoms with Crippen LogP contribution in [0.1, 0.15) is 67.7 Å². The van der Waals surface area contributed by atoms with Crippen LogP contribution < -0.4 is 5.73 Å². The minimum atomic E-state index is 0. The van der Waals surface area contributed by atoms with Gasteiger partial charge in [0.05, 0.1) is 6.04 Å². The van der Waals surface area contributed by atoms with Crippen LogP contribution in [0.3, 0.4) is 0 Å². The second kappa shape index (κ2) is 16.8. The fraction of sp³-hybridized carbons (Fsp3) is 0.500. The van der Waals surface area contributed by atoms with Gasteiger partial charge in [0, 0.05) is 58.9 Å². The molecule has 3 atom stereocenters. The summed E-state index contributed by atoms with van der Waals surface area (Å²) in [6, 6.07) is 18.5. The standard InChI is InChI=1S/C23H31N2O.C11H16N2O.Y/c1-19-7-3-4-8-22(19)20(11-16-26)10-15-25(2)17-21-9-14-24-18-23(21)12-5-6-13-23;12-10-6-7-13(14)11(8-10)9-4-2-1-3-5-9;/h3-4,7-8,10-11,15-16,21H,5-6,9,12-14,17-18H2,1-2H3;1-5,10-11,14H,6-8,12H2;/q-1;;/b15-10-,20-11+;;/t21-;;/m0../s1. The molecule has 2 unspecified atom stereocenters. The summed E-state index contributed by atoms with van der Waals surface area (Å²) in [5, 5.41) is 15.9. The van der Waals surface area contributed by atoms with E-state index in [1.165, 1.54) is 42.7 Å². The van der Waals surface area contributed by atoms with Gasteiger partial charge in [-0.15, -0.1) is 13.1 Å². The molecule has 2 aromatic carbocycles. The first-order valence-electron chi connectivity index (χ1n) is 14.9. The summed E-state index contributed by atoms with van der Waals surface area (Å²) < 4.78 is 0. The molecule has 1 radical (unpaired) electrons. The molecular formula is C34H47N4O2Y-. The Morgan fingerprint density at radius 2 is 1.83 bits per heavy atom. The first-order valence-corrected chi connectivity index (χ1v) is 14.9. The van der Waals surface area contributed by atoms with E-state index in [9.17, 15) is 10.0 Å². The van der Waals surface area contributed by atoms with Crippen molar-refractivity contribution < 1.29 is 42.7 Å². The van der Waals surface area contributed by atoms with Crippen LogP contribution >= 0.6 is 0 Å². The molecule has 6 nitrogen and oxygen atoms in total. The average molecular weight is 633 g/mol. The third-order valence-corrected chi connectivity index (χ3v) is 9.05. The summed E-state index contributed by atoms with van der Waals surface area (Å²) in [5.74, 6) is 0.731. The topological polar surface area (TPSA) is 83.9 Å². The fourth-order valence-electron chi connectivity index (χ4n) is 6.70. The van der Waals surface area contributed by atoms with Crippen molar-refractivity contribution in [3.05, 3.63) is 95.0 Å². The van der Waals surface area contributed by atoms with Crippen LogP contribution in [-0.2, 0) is 37.5 Å². The average Bonchev–Trinajstić information content (AvgIpc) is 3.44. The maximum Gasteiger partial charge on any atom is 0.143 e. The number of benzene rings is 2. The van der Waals surface area contributed by atoms with Gasteiger partial charge >= 0.3 is 0 Å². The number of nitrogens with zero attached hydrogens (tertiary/aromatic N) is 3. The van der Waals surface area contributed by atoms with E-state index in [1.54, 1.807) is 6.08 Å². The van der Waals surface area contributed by atoms with Crippen LogP contribution in [0.15, 0.2) is 72.9 Å². The van der Waals surface area contributed by atoms with Gasteiger partial charge in [-0.2, -0.15) is 5.06 Å². The van der Waals surface area contributed by atoms with E-state index < -0.39 is 0 Å². The number of allylic oxidation sites excluding steroid dienone is 3. The fourth-order valence-corrected chi connectivity index (χ4v) is 6.70. The molecule has 7 heteroatoms. The minimum absolute atomic E-state index is 0. The van der Waals surface area contributed by atoms with Crippen LogP contribution in [0.2, 0.25) is 0 Å². The molecule has 1 saturated carbocycles. The smallest absolute Gasteiger partial charge is 0.143 e. The molecule has 1 aliphatic carbocycles. The van der Waals surface area contributed by atoms with Crippen LogP contribution in [0.5, 0.6) is 0 Å². The predicted molar refractivity (Wildman–Crippen MR) is 164 cm³/mol. The zero-order valence-electron chi connectivity index (χ0n) is 24.9. The largest absolute Gasteiger partial charge is 0.662 e. The van der Waals surface area contributed by atoms with Crippen molar-refractivity contribution >= 4 is 11.9 Å². The Balaban J connectivity index is 0.000000260. The SMILES string of the molecule is Cc1ccccc1C(/C=C\N(C)C[C@@H]1CC[N-]CC12CCCC2)=C/C=O.NC1CCN(O)C(c2ccccc2)C1.[Y]. The molecule has 3 aliphatic rings. The van der Waals surface area contributed by atoms with Gasteiger partial charge in [0.15, 0.2) is 0 Å². The monoisotopic (exact) mass is 632 g/mol. The number of carbonyl (C=O) groups excluding carboxylic acids is 1. The molecule has 0 bridgehead atoms. The van der Waals surface area contributed by atoms with Gasteiger partial charge in [-0.3, -0.25) is 4.79 Å². The molecule has 1 spiro atoms. The van der Waals surface area contributed by atoms with Crippen LogP contribution in [-0.4, -0.2) is 60.7 Å². The normalized spacial score (nSPS) is 24.4. The molecule has 2 aliphatic heterocycles. The Bertz CT molecular complexity index is 1130. The third-order valence-electron chi connectivity index (χ3n) is 9.05. The maximum absolute atomic E-state index is 11.1. The summed E-state index contributed by atoms with van der Waals surface area (Å²) in [4.78, 5) is 13.4. The molecule has 0 aromatic heterocycles. The summed E-state index contributed by atoms with van der Waals surface area (Å²) >= 11 is 0. The van der Waals surface area contributed by atoms with E-state index in [2.05, 4.69) is 43.3 Å². The second-order valence-electron chi connectivity index (χ2n) is 11.9. The number of nitrogens with two attached hydrogens (primary N) is 1. The zero-order chi connectivity index (χ0) is 28.4. The molecule has 2 heterocycles. The van der Waals surface area contributed by atoms with E-state index in [4.69, 9.17) is 11.1 Å². The van der Waals surface area contributed by atoms with Gasteiger partial charge in [-0.05, 0) is 84.6 Å². The molecule has 41 heavy (non-hydrogen) atoms. The van der Waals surface area contributed by atoms with Crippen molar-refractivity contribution in [3.8, 4) is 0 Å². The van der Waals surface area contributed by atoms with Crippen molar-refractivity contribution in [3.63, 3.8) is 0 Å². The molecule has 0 amide bonds. The number of hydrogen-bond donors (Lipinski definition) is 2. The van der Waals surface area contributed by atoms with Crippen LogP contribution in [0.4, 0.5) is 0 Å². The zero-order valence-corrected chi connectivity index (χ0v) is 27.7. The second-order valence-corrected chi connectivity index (χ2v) is 11.9. The maximum atomic E-state index is 11.1. The third kappa shape index (κ3) is 9.41. The molecule has 5 rings (SSSR count). The summed E-state index contributed by atoms with van der Waals surface area (Å²) in [5.41, 5.74) is 10.8. The van der Waals surface area contributed by atoms with Gasteiger partial charge in [-0.1, -0.05) is 73.9 Å². The predicted octanol–water partition coefficient (Wildman–Crippen LogP) is 6.51. The van der Waals surface area contributed by atoms with Crippen molar-refractivity contribution in [2.24, 2.45) is 17.1 Å². The van der Waals surface area contributed by atoms with E-state index in [0.717, 1.165) is 61.4 Å². The first-order chi connectivity index (χ1) is 19.4. The number of carbonyl (C=O) groups is 1. The molecule has 219 valence electrons. The molecule has 3 N–H and O–H groups in total. The molecule has 2 saturated heterocycles. The Labute approximate surface area is 272 Å². The summed E-state index contributed by atoms with van der Waals surface area (Å²) in [6.45, 7) is 5.91. The van der Waals surface area contributed by atoms with Crippen molar-refractivity contribution in [2.45, 2.75) is 64.0 Å². The quantitative estimate of drug-likeness (QED) is 0.207. The van der Waals surface area contributed by atoms with E-state index in [-0.39, 0.29) is 44.8 Å². The Kier molecular flexibility index (Phi) is 13.9. The van der Waals surface area contributed by atoms with Gasteiger partial charge in [-0.25, -0.2) is 0 Å². The van der Waals surface area contributed by atoms with Crippen LogP contribution in [0, 0.1) is 18.3 Å². The first kappa shape index (κ1) is 33.8. The van der Waals surface area contributed by atoms with E-state index in [0.29, 0.717) is 12.0 Å². The number of rotatable bonds is 7. The van der Waals surface area contributed by atoms with Gasteiger partial charge in [0.2, 0.25) is 0 Å². The minimum Gasteiger partial charge on any atom is -0.662 e. The van der Waals surface area contributed by atoms with Crippen molar-refractivity contribution in [1.82, 2.24) is 9.96 Å². The van der Waals surface area contributed by atoms with Crippen LogP contribution in [0.25, 0.3) is 10.9 Å². The Morgan fingerprint density at radius 3 is 2.54 bits per heavy atom. The van der Waals surface area contributed by atoms with E-state index in [1.807, 2.05) is 42.5 Å². The van der Waals surface area contributed by atoms with Crippen molar-refractivity contribution in [1.29, 1.82) is 0 Å². The number of hydrogen-bond acceptors (Lipinski definition) is 5. The van der Waals surface area contributed by atoms with E-state index >= 15 is 0 Å². The molecular weight excluding hydrogens is 585 g/mol. The van der Waals surface area contributed by atoms with Gasteiger partial charge < -0.3 is 21.2 Å². The molecule has 2 aromatic rings. The van der Waals surface area contributed by atoms with Gasteiger partial charge in [0.1, 0.15) is 6.29 Å². The number of hydroxylamine groups is 2. The Morgan fingerprint density at radius 1 is 1.12 bits per heavy atom. The van der Waals surface area contributed by atoms with Crippen molar-refractivity contribution in [2.75, 3.05) is 33.2 Å². The number of aryl methyl sites for hydroxylation is 1. The Hall–Kier alpha value is -1.67. The summed E-state index contributed by atoms with van der Waals surface area (Å²) in [7, 11) is 2.15. The molecule has 3 fully saturated rings. The number of aldehydes is 1.